The van der Waals surface area contributed by atoms with Crippen molar-refractivity contribution in [2.45, 2.75) is 98.4 Å². The van der Waals surface area contributed by atoms with Crippen LogP contribution in [0.5, 0.6) is 0 Å². The molecule has 1 saturated heterocycles. The van der Waals surface area contributed by atoms with Crippen LogP contribution in [-0.4, -0.2) is 35.4 Å². The Labute approximate surface area is 187 Å². The van der Waals surface area contributed by atoms with Crippen molar-refractivity contribution in [3.63, 3.8) is 0 Å². The van der Waals surface area contributed by atoms with Crippen LogP contribution in [0, 0.1) is 29.1 Å². The normalized spacial score (nSPS) is 36.1. The van der Waals surface area contributed by atoms with E-state index in [9.17, 15) is 14.7 Å². The van der Waals surface area contributed by atoms with Gasteiger partial charge in [-0.3, -0.25) is 9.59 Å². The largest absolute Gasteiger partial charge is 0.462 e. The Morgan fingerprint density at radius 2 is 1.97 bits per heavy atom. The van der Waals surface area contributed by atoms with E-state index in [1.54, 1.807) is 0 Å². The summed E-state index contributed by atoms with van der Waals surface area (Å²) < 4.78 is 11.7. The molecule has 31 heavy (non-hydrogen) atoms. The van der Waals surface area contributed by atoms with Gasteiger partial charge in [0.15, 0.2) is 0 Å². The zero-order chi connectivity index (χ0) is 22.9. The SMILES string of the molecule is CCC(C)(C)C(=O)OC1CC(C)C(C)=C2C=CC(C)C(CCC3CC(O)CC(=O)O3)C21. The molecule has 174 valence electrons. The minimum atomic E-state index is -0.604. The second-order valence-corrected chi connectivity index (χ2v) is 10.6. The molecule has 0 aromatic heterocycles. The van der Waals surface area contributed by atoms with E-state index < -0.39 is 11.5 Å². The molecule has 1 fully saturated rings. The molecule has 0 spiro atoms. The van der Waals surface area contributed by atoms with Crippen molar-refractivity contribution in [1.29, 1.82) is 0 Å². The predicted molar refractivity (Wildman–Crippen MR) is 120 cm³/mol. The maximum Gasteiger partial charge on any atom is 0.311 e. The summed E-state index contributed by atoms with van der Waals surface area (Å²) in [6, 6.07) is 0. The molecule has 5 nitrogen and oxygen atoms in total. The molecule has 1 heterocycles. The highest BCUT2D eigenvalue weighted by atomic mass is 16.6. The molecule has 0 aromatic rings. The van der Waals surface area contributed by atoms with E-state index in [2.05, 4.69) is 32.9 Å². The first-order chi connectivity index (χ1) is 14.5. The molecule has 0 radical (unpaired) electrons. The fourth-order valence-corrected chi connectivity index (χ4v) is 5.32. The van der Waals surface area contributed by atoms with Gasteiger partial charge in [0.2, 0.25) is 0 Å². The van der Waals surface area contributed by atoms with Gasteiger partial charge in [0.25, 0.3) is 0 Å². The molecule has 7 unspecified atom stereocenters. The minimum absolute atomic E-state index is 0.0941. The lowest BCUT2D eigenvalue weighted by molar-refractivity contribution is -0.166. The van der Waals surface area contributed by atoms with Gasteiger partial charge in [0, 0.05) is 12.3 Å². The number of rotatable bonds is 6. The first-order valence-corrected chi connectivity index (χ1v) is 12.0. The quantitative estimate of drug-likeness (QED) is 0.600. The third kappa shape index (κ3) is 5.24. The number of fused-ring (bicyclic) bond motifs is 1. The second-order valence-electron chi connectivity index (χ2n) is 10.6. The van der Waals surface area contributed by atoms with Crippen LogP contribution in [-0.2, 0) is 19.1 Å². The predicted octanol–water partition coefficient (Wildman–Crippen LogP) is 4.98. The van der Waals surface area contributed by atoms with Crippen molar-refractivity contribution in [2.75, 3.05) is 0 Å². The van der Waals surface area contributed by atoms with E-state index in [1.165, 1.54) is 11.1 Å². The highest BCUT2D eigenvalue weighted by molar-refractivity contribution is 5.76. The lowest BCUT2D eigenvalue weighted by atomic mass is 9.63. The van der Waals surface area contributed by atoms with Crippen LogP contribution in [0.3, 0.4) is 0 Å². The van der Waals surface area contributed by atoms with Gasteiger partial charge in [-0.25, -0.2) is 0 Å². The van der Waals surface area contributed by atoms with E-state index in [4.69, 9.17) is 9.47 Å². The number of ether oxygens (including phenoxy) is 2. The van der Waals surface area contributed by atoms with Gasteiger partial charge in [0.05, 0.1) is 17.9 Å². The van der Waals surface area contributed by atoms with Crippen LogP contribution in [0.1, 0.15) is 80.1 Å². The molecule has 3 aliphatic rings. The number of esters is 2. The number of carbonyl (C=O) groups excluding carboxylic acids is 2. The monoisotopic (exact) mass is 432 g/mol. The number of carbonyl (C=O) groups is 2. The Morgan fingerprint density at radius 1 is 1.26 bits per heavy atom. The summed E-state index contributed by atoms with van der Waals surface area (Å²) in [5, 5.41) is 9.95. The van der Waals surface area contributed by atoms with Crippen molar-refractivity contribution in [3.05, 3.63) is 23.3 Å². The maximum atomic E-state index is 13.0. The van der Waals surface area contributed by atoms with E-state index in [-0.39, 0.29) is 36.5 Å². The van der Waals surface area contributed by atoms with Gasteiger partial charge < -0.3 is 14.6 Å². The number of hydrogen-bond donors (Lipinski definition) is 1. The van der Waals surface area contributed by atoms with E-state index in [0.29, 0.717) is 24.2 Å². The smallest absolute Gasteiger partial charge is 0.311 e. The number of cyclic esters (lactones) is 1. The summed E-state index contributed by atoms with van der Waals surface area (Å²) >= 11 is 0. The first kappa shape index (κ1) is 24.0. The minimum Gasteiger partial charge on any atom is -0.462 e. The third-order valence-electron chi connectivity index (χ3n) is 8.01. The Bertz CT molecular complexity index is 749. The van der Waals surface area contributed by atoms with Crippen LogP contribution in [0.25, 0.3) is 0 Å². The maximum absolute atomic E-state index is 13.0. The standard InChI is InChI=1S/C26H40O5/c1-7-26(5,6)25(29)31-22-12-16(3)17(4)21-10-8-15(2)20(24(21)22)11-9-19-13-18(27)14-23(28)30-19/h8,10,15-16,18-20,22,24,27H,7,9,11-14H2,1-6H3. The van der Waals surface area contributed by atoms with Crippen molar-refractivity contribution in [2.24, 2.45) is 29.1 Å². The highest BCUT2D eigenvalue weighted by Gasteiger charge is 2.44. The number of allylic oxidation sites excluding steroid dienone is 3. The van der Waals surface area contributed by atoms with Gasteiger partial charge in [-0.2, -0.15) is 0 Å². The van der Waals surface area contributed by atoms with Crippen LogP contribution in [0.4, 0.5) is 0 Å². The topological polar surface area (TPSA) is 72.8 Å². The summed E-state index contributed by atoms with van der Waals surface area (Å²) in [5.74, 6) is 0.773. The molecule has 0 aromatic carbocycles. The summed E-state index contributed by atoms with van der Waals surface area (Å²) in [6.07, 6.45) is 7.34. The van der Waals surface area contributed by atoms with Gasteiger partial charge >= 0.3 is 11.9 Å². The van der Waals surface area contributed by atoms with Crippen molar-refractivity contribution in [3.8, 4) is 0 Å². The molecule has 0 bridgehead atoms. The van der Waals surface area contributed by atoms with Gasteiger partial charge in [0.1, 0.15) is 12.2 Å². The van der Waals surface area contributed by atoms with Crippen molar-refractivity contribution >= 4 is 11.9 Å². The van der Waals surface area contributed by atoms with E-state index in [1.807, 2.05) is 20.8 Å². The Kier molecular flexibility index (Phi) is 7.35. The summed E-state index contributed by atoms with van der Waals surface area (Å²) in [4.78, 5) is 24.7. The van der Waals surface area contributed by atoms with Gasteiger partial charge in [-0.1, -0.05) is 38.5 Å². The average molecular weight is 433 g/mol. The average Bonchev–Trinajstić information content (AvgIpc) is 2.69. The van der Waals surface area contributed by atoms with E-state index >= 15 is 0 Å². The molecule has 1 aliphatic heterocycles. The zero-order valence-corrected chi connectivity index (χ0v) is 20.0. The van der Waals surface area contributed by atoms with E-state index in [0.717, 1.165) is 25.7 Å². The highest BCUT2D eigenvalue weighted by Crippen LogP contribution is 2.48. The fourth-order valence-electron chi connectivity index (χ4n) is 5.32. The Hall–Kier alpha value is -1.62. The summed E-state index contributed by atoms with van der Waals surface area (Å²) in [7, 11) is 0. The van der Waals surface area contributed by atoms with Gasteiger partial charge in [-0.15, -0.1) is 0 Å². The summed E-state index contributed by atoms with van der Waals surface area (Å²) in [6.45, 7) is 12.6. The lowest BCUT2D eigenvalue weighted by Gasteiger charge is -2.45. The molecule has 1 N–H and O–H groups in total. The Morgan fingerprint density at radius 3 is 2.61 bits per heavy atom. The fraction of sp³-hybridized carbons (Fsp3) is 0.769. The molecular formula is C26H40O5. The lowest BCUT2D eigenvalue weighted by Crippen LogP contribution is -2.44. The van der Waals surface area contributed by atoms with Crippen LogP contribution >= 0.6 is 0 Å². The van der Waals surface area contributed by atoms with Crippen LogP contribution < -0.4 is 0 Å². The number of aliphatic hydroxyl groups is 1. The van der Waals surface area contributed by atoms with Crippen molar-refractivity contribution < 1.29 is 24.2 Å². The molecule has 7 atom stereocenters. The van der Waals surface area contributed by atoms with Crippen LogP contribution in [0.15, 0.2) is 23.3 Å². The first-order valence-electron chi connectivity index (χ1n) is 12.0. The molecule has 2 aliphatic carbocycles. The molecular weight excluding hydrogens is 392 g/mol. The molecule has 5 heteroatoms. The zero-order valence-electron chi connectivity index (χ0n) is 20.0. The summed E-state index contributed by atoms with van der Waals surface area (Å²) in [5.41, 5.74) is 2.21. The molecule has 0 saturated carbocycles. The Balaban J connectivity index is 1.82. The molecule has 3 rings (SSSR count). The number of hydrogen-bond acceptors (Lipinski definition) is 5. The second kappa shape index (κ2) is 9.48. The third-order valence-corrected chi connectivity index (χ3v) is 8.01. The van der Waals surface area contributed by atoms with Gasteiger partial charge in [-0.05, 0) is 69.8 Å². The van der Waals surface area contributed by atoms with Crippen LogP contribution in [0.2, 0.25) is 0 Å². The number of aliphatic hydroxyl groups excluding tert-OH is 1. The van der Waals surface area contributed by atoms with Crippen molar-refractivity contribution in [1.82, 2.24) is 0 Å². The molecule has 0 amide bonds.